The van der Waals surface area contributed by atoms with E-state index in [0.717, 1.165) is 0 Å². The molecule has 6 nitrogen and oxygen atoms in total. The molecule has 102 valence electrons. The lowest BCUT2D eigenvalue weighted by Crippen LogP contribution is -2.09. The molecule has 0 amide bonds. The molecule has 0 fully saturated rings. The molecule has 6 heteroatoms. The summed E-state index contributed by atoms with van der Waals surface area (Å²) in [6.07, 6.45) is 0.0686. The minimum Gasteiger partial charge on any atom is -0.497 e. The molecule has 0 aliphatic rings. The summed E-state index contributed by atoms with van der Waals surface area (Å²) in [5.74, 6) is -0.162. The van der Waals surface area contributed by atoms with Gasteiger partial charge in [0.1, 0.15) is 5.75 Å². The molecule has 0 aromatic heterocycles. The zero-order chi connectivity index (χ0) is 14.4. The van der Waals surface area contributed by atoms with E-state index in [9.17, 15) is 14.9 Å². The molecule has 0 spiro atoms. The summed E-state index contributed by atoms with van der Waals surface area (Å²) >= 11 is 0. The number of carbonyl (C=O) groups excluding carboxylic acids is 1. The second-order valence-corrected chi connectivity index (χ2v) is 3.75. The highest BCUT2D eigenvalue weighted by atomic mass is 16.6. The van der Waals surface area contributed by atoms with E-state index in [4.69, 9.17) is 9.47 Å². The van der Waals surface area contributed by atoms with Crippen molar-refractivity contribution in [2.24, 2.45) is 0 Å². The number of hydrogen-bond acceptors (Lipinski definition) is 5. The van der Waals surface area contributed by atoms with Crippen molar-refractivity contribution in [2.75, 3.05) is 13.7 Å². The zero-order valence-corrected chi connectivity index (χ0v) is 10.8. The smallest absolute Gasteiger partial charge is 0.333 e. The van der Waals surface area contributed by atoms with Crippen molar-refractivity contribution in [2.45, 2.75) is 13.3 Å². The Labute approximate surface area is 110 Å². The van der Waals surface area contributed by atoms with Gasteiger partial charge < -0.3 is 9.47 Å². The lowest BCUT2D eigenvalue weighted by atomic mass is 10.0. The van der Waals surface area contributed by atoms with E-state index < -0.39 is 10.9 Å². The molecule has 0 aliphatic carbocycles. The Morgan fingerprint density at radius 1 is 1.47 bits per heavy atom. The first-order chi connectivity index (χ1) is 8.99. The molecule has 0 bridgehead atoms. The molecule has 0 aliphatic heterocycles. The van der Waals surface area contributed by atoms with Gasteiger partial charge in [0.2, 0.25) is 0 Å². The van der Waals surface area contributed by atoms with Gasteiger partial charge in [-0.25, -0.2) is 4.79 Å². The van der Waals surface area contributed by atoms with E-state index >= 15 is 0 Å². The van der Waals surface area contributed by atoms with Crippen LogP contribution in [0.1, 0.15) is 12.5 Å². The van der Waals surface area contributed by atoms with Crippen molar-refractivity contribution in [3.8, 4) is 5.75 Å². The molecule has 0 saturated heterocycles. The third-order valence-corrected chi connectivity index (χ3v) is 2.46. The van der Waals surface area contributed by atoms with Crippen LogP contribution in [0.5, 0.6) is 5.75 Å². The topological polar surface area (TPSA) is 78.7 Å². The van der Waals surface area contributed by atoms with Gasteiger partial charge in [-0.2, -0.15) is 0 Å². The number of esters is 1. The van der Waals surface area contributed by atoms with Gasteiger partial charge in [0.25, 0.3) is 5.69 Å². The third kappa shape index (κ3) is 3.80. The maximum absolute atomic E-state index is 11.4. The lowest BCUT2D eigenvalue weighted by Gasteiger charge is -2.07. The lowest BCUT2D eigenvalue weighted by molar-refractivity contribution is -0.385. The predicted molar refractivity (Wildman–Crippen MR) is 69.1 cm³/mol. The van der Waals surface area contributed by atoms with E-state index in [0.29, 0.717) is 11.3 Å². The number of nitro groups is 1. The molecule has 0 radical (unpaired) electrons. The Balaban J connectivity index is 2.97. The third-order valence-electron chi connectivity index (χ3n) is 2.46. The molecule has 1 aromatic rings. The first-order valence-corrected chi connectivity index (χ1v) is 5.65. The molecule has 1 aromatic carbocycles. The van der Waals surface area contributed by atoms with Crippen LogP contribution in [-0.4, -0.2) is 24.6 Å². The minimum atomic E-state index is -0.549. The average Bonchev–Trinajstić information content (AvgIpc) is 2.39. The first-order valence-electron chi connectivity index (χ1n) is 5.65. The SMILES string of the molecule is C=C(Cc1ccc(OC)cc1[N+](=O)[O-])C(=O)OCC. The van der Waals surface area contributed by atoms with Crippen molar-refractivity contribution < 1.29 is 19.2 Å². The molecule has 0 atom stereocenters. The Bertz CT molecular complexity index is 510. The predicted octanol–water partition coefficient (Wildman–Crippen LogP) is 2.27. The zero-order valence-electron chi connectivity index (χ0n) is 10.8. The van der Waals surface area contributed by atoms with Crippen LogP contribution in [0.15, 0.2) is 30.4 Å². The second kappa shape index (κ2) is 6.53. The van der Waals surface area contributed by atoms with Crippen molar-refractivity contribution >= 4 is 11.7 Å². The second-order valence-electron chi connectivity index (χ2n) is 3.75. The van der Waals surface area contributed by atoms with Gasteiger partial charge in [0, 0.05) is 17.6 Å². The van der Waals surface area contributed by atoms with E-state index in [1.807, 2.05) is 0 Å². The van der Waals surface area contributed by atoms with E-state index in [2.05, 4.69) is 6.58 Å². The number of benzene rings is 1. The fraction of sp³-hybridized carbons (Fsp3) is 0.308. The molecule has 19 heavy (non-hydrogen) atoms. The van der Waals surface area contributed by atoms with E-state index in [1.54, 1.807) is 19.1 Å². The number of nitro benzene ring substituents is 1. The van der Waals surface area contributed by atoms with Gasteiger partial charge in [-0.05, 0) is 19.1 Å². The first kappa shape index (κ1) is 14.7. The van der Waals surface area contributed by atoms with Gasteiger partial charge in [-0.1, -0.05) is 6.58 Å². The highest BCUT2D eigenvalue weighted by molar-refractivity contribution is 5.88. The molecule has 1 rings (SSSR count). The number of ether oxygens (including phenoxy) is 2. The van der Waals surface area contributed by atoms with Crippen LogP contribution < -0.4 is 4.74 Å². The summed E-state index contributed by atoms with van der Waals surface area (Å²) in [6.45, 7) is 5.50. The van der Waals surface area contributed by atoms with E-state index in [-0.39, 0.29) is 24.3 Å². The summed E-state index contributed by atoms with van der Waals surface area (Å²) in [7, 11) is 1.43. The normalized spacial score (nSPS) is 9.79. The van der Waals surface area contributed by atoms with Crippen LogP contribution >= 0.6 is 0 Å². The van der Waals surface area contributed by atoms with Crippen LogP contribution in [0.3, 0.4) is 0 Å². The van der Waals surface area contributed by atoms with Gasteiger partial charge in [0.15, 0.2) is 0 Å². The molecule has 0 saturated carbocycles. The minimum absolute atomic E-state index is 0.0686. The Kier molecular flexibility index (Phi) is 5.05. The van der Waals surface area contributed by atoms with Crippen LogP contribution in [0.4, 0.5) is 5.69 Å². The van der Waals surface area contributed by atoms with Gasteiger partial charge in [-0.3, -0.25) is 10.1 Å². The number of hydrogen-bond donors (Lipinski definition) is 0. The van der Waals surface area contributed by atoms with Crippen LogP contribution in [0.2, 0.25) is 0 Å². The maximum Gasteiger partial charge on any atom is 0.333 e. The quantitative estimate of drug-likeness (QED) is 0.341. The van der Waals surface area contributed by atoms with Crippen LogP contribution in [0.25, 0.3) is 0 Å². The fourth-order valence-electron chi connectivity index (χ4n) is 1.53. The van der Waals surface area contributed by atoms with Crippen molar-refractivity contribution in [3.05, 3.63) is 46.0 Å². The monoisotopic (exact) mass is 265 g/mol. The molecule has 0 heterocycles. The Morgan fingerprint density at radius 3 is 2.68 bits per heavy atom. The standard InChI is InChI=1S/C13H15NO5/c1-4-19-13(15)9(2)7-10-5-6-11(18-3)8-12(10)14(16)17/h5-6,8H,2,4,7H2,1,3H3. The maximum atomic E-state index is 11.4. The summed E-state index contributed by atoms with van der Waals surface area (Å²) in [5.41, 5.74) is 0.462. The average molecular weight is 265 g/mol. The number of nitrogens with zero attached hydrogens (tertiary/aromatic N) is 1. The fourth-order valence-corrected chi connectivity index (χ4v) is 1.53. The molecule has 0 unspecified atom stereocenters. The van der Waals surface area contributed by atoms with Crippen LogP contribution in [-0.2, 0) is 16.0 Å². The van der Waals surface area contributed by atoms with Crippen molar-refractivity contribution in [1.82, 2.24) is 0 Å². The number of methoxy groups -OCH3 is 1. The molecule has 0 N–H and O–H groups in total. The number of rotatable bonds is 6. The summed E-state index contributed by atoms with van der Waals surface area (Å²) in [4.78, 5) is 21.9. The summed E-state index contributed by atoms with van der Waals surface area (Å²) < 4.78 is 9.72. The highest BCUT2D eigenvalue weighted by Gasteiger charge is 2.18. The summed E-state index contributed by atoms with van der Waals surface area (Å²) in [5, 5.41) is 11.0. The molecular formula is C13H15NO5. The summed E-state index contributed by atoms with van der Waals surface area (Å²) in [6, 6.07) is 4.45. The van der Waals surface area contributed by atoms with E-state index in [1.165, 1.54) is 13.2 Å². The van der Waals surface area contributed by atoms with Crippen LogP contribution in [0, 0.1) is 10.1 Å². The van der Waals surface area contributed by atoms with Crippen molar-refractivity contribution in [1.29, 1.82) is 0 Å². The largest absolute Gasteiger partial charge is 0.497 e. The van der Waals surface area contributed by atoms with Crippen molar-refractivity contribution in [3.63, 3.8) is 0 Å². The highest BCUT2D eigenvalue weighted by Crippen LogP contribution is 2.26. The Hall–Kier alpha value is -2.37. The number of carbonyl (C=O) groups is 1. The van der Waals surface area contributed by atoms with Gasteiger partial charge >= 0.3 is 5.97 Å². The van der Waals surface area contributed by atoms with Gasteiger partial charge in [-0.15, -0.1) is 0 Å². The molecular weight excluding hydrogens is 250 g/mol. The Morgan fingerprint density at radius 2 is 2.16 bits per heavy atom. The van der Waals surface area contributed by atoms with Gasteiger partial charge in [0.05, 0.1) is 24.7 Å².